The van der Waals surface area contributed by atoms with Gasteiger partial charge < -0.3 is 5.11 Å². The zero-order valence-corrected chi connectivity index (χ0v) is 21.2. The Morgan fingerprint density at radius 3 is 2.74 bits per heavy atom. The lowest BCUT2D eigenvalue weighted by molar-refractivity contribution is 0.119. The van der Waals surface area contributed by atoms with E-state index in [1.807, 2.05) is 55.6 Å². The highest BCUT2D eigenvalue weighted by Gasteiger charge is 2.50. The molecule has 9 heteroatoms. The number of nitrogens with zero attached hydrogens (tertiary/aromatic N) is 4. The van der Waals surface area contributed by atoms with Gasteiger partial charge in [-0.3, -0.25) is 14.0 Å². The summed E-state index contributed by atoms with van der Waals surface area (Å²) in [6, 6.07) is 11.6. The lowest BCUT2D eigenvalue weighted by atomic mass is 9.83. The monoisotopic (exact) mass is 498 g/mol. The molecule has 2 aliphatic rings. The summed E-state index contributed by atoms with van der Waals surface area (Å²) in [5.74, 6) is 0.846. The molecule has 3 N–H and O–H groups in total. The molecule has 1 saturated heterocycles. The van der Waals surface area contributed by atoms with Crippen molar-refractivity contribution < 1.29 is 14.2 Å². The second-order valence-electron chi connectivity index (χ2n) is 9.37. The van der Waals surface area contributed by atoms with Crippen molar-refractivity contribution in [1.82, 2.24) is 14.3 Å². The molecular weight excluding hydrogens is 468 g/mol. The summed E-state index contributed by atoms with van der Waals surface area (Å²) in [6.45, 7) is 7.65. The van der Waals surface area contributed by atoms with Gasteiger partial charge in [-0.2, -0.15) is 4.37 Å². The molecule has 0 unspecified atom stereocenters. The van der Waals surface area contributed by atoms with Crippen LogP contribution in [-0.4, -0.2) is 46.6 Å². The van der Waals surface area contributed by atoms with Gasteiger partial charge in [0, 0.05) is 41.2 Å². The summed E-state index contributed by atoms with van der Waals surface area (Å²) in [5.41, 5.74) is 4.14. The van der Waals surface area contributed by atoms with E-state index in [0.29, 0.717) is 5.82 Å². The molecule has 3 aromatic rings. The van der Waals surface area contributed by atoms with Gasteiger partial charge >= 0.3 is 0 Å². The number of pyridine rings is 1. The molecule has 1 spiro atoms. The number of piperidine rings is 1. The van der Waals surface area contributed by atoms with Crippen molar-refractivity contribution in [2.75, 3.05) is 10.8 Å². The Kier molecular flexibility index (Phi) is 5.94. The average Bonchev–Trinajstić information content (AvgIpc) is 3.31. The van der Waals surface area contributed by atoms with E-state index in [2.05, 4.69) is 21.2 Å². The number of likely N-dealkylation sites (tertiary alicyclic amines) is 1. The molecule has 0 bridgehead atoms. The van der Waals surface area contributed by atoms with E-state index < -0.39 is 16.3 Å². The van der Waals surface area contributed by atoms with Gasteiger partial charge in [-0.15, -0.1) is 0 Å². The van der Waals surface area contributed by atoms with Crippen LogP contribution in [0.2, 0.25) is 0 Å². The number of aromatic hydroxyl groups is 1. The molecule has 34 heavy (non-hydrogen) atoms. The molecular formula is C25H30N4O3S2. The highest BCUT2D eigenvalue weighted by molar-refractivity contribution is 8.28. The maximum atomic E-state index is 10.9. The van der Waals surface area contributed by atoms with E-state index in [1.165, 1.54) is 11.5 Å². The van der Waals surface area contributed by atoms with E-state index >= 15 is 0 Å². The first-order valence-electron chi connectivity index (χ1n) is 11.4. The Morgan fingerprint density at radius 1 is 1.21 bits per heavy atom. The molecule has 7 nitrogen and oxygen atoms in total. The number of anilines is 1. The molecule has 0 aliphatic carbocycles. The first-order valence-corrected chi connectivity index (χ1v) is 13.8. The topological polar surface area (TPSA) is 93.0 Å². The van der Waals surface area contributed by atoms with E-state index in [9.17, 15) is 14.2 Å². The van der Waals surface area contributed by atoms with Crippen molar-refractivity contribution in [1.29, 1.82) is 0 Å². The average molecular weight is 499 g/mol. The fourth-order valence-corrected chi connectivity index (χ4v) is 7.51. The minimum atomic E-state index is -3.07. The molecule has 1 fully saturated rings. The van der Waals surface area contributed by atoms with Gasteiger partial charge in [-0.05, 0) is 86.6 Å². The highest BCUT2D eigenvalue weighted by atomic mass is 32.3. The summed E-state index contributed by atoms with van der Waals surface area (Å²) in [7, 11) is -3.07. The van der Waals surface area contributed by atoms with Crippen LogP contribution in [0.1, 0.15) is 36.6 Å². The van der Waals surface area contributed by atoms with Crippen molar-refractivity contribution in [2.24, 2.45) is 0 Å². The fourth-order valence-electron chi connectivity index (χ4n) is 5.15. The number of hydrogen-bond acceptors (Lipinski definition) is 8. The molecule has 180 valence electrons. The maximum absolute atomic E-state index is 10.9. The summed E-state index contributed by atoms with van der Waals surface area (Å²) in [4.78, 5) is 7.02. The molecule has 2 aliphatic heterocycles. The number of rotatable bonds is 4. The third-order valence-corrected chi connectivity index (χ3v) is 9.20. The van der Waals surface area contributed by atoms with Crippen LogP contribution in [0.15, 0.2) is 53.3 Å². The summed E-state index contributed by atoms with van der Waals surface area (Å²) in [5, 5.41) is 14.0. The predicted octanol–water partition coefficient (Wildman–Crippen LogP) is 5.95. The third kappa shape index (κ3) is 4.12. The first-order chi connectivity index (χ1) is 16.2. The van der Waals surface area contributed by atoms with Gasteiger partial charge in [0.25, 0.3) is 0 Å². The fraction of sp³-hybridized carbons (Fsp3) is 0.360. The van der Waals surface area contributed by atoms with Crippen molar-refractivity contribution in [3.05, 3.63) is 70.1 Å². The van der Waals surface area contributed by atoms with Gasteiger partial charge in [-0.1, -0.05) is 22.9 Å². The molecule has 0 amide bonds. The Hall–Kier alpha value is -2.43. The van der Waals surface area contributed by atoms with Gasteiger partial charge in [0.05, 0.1) is 11.2 Å². The second-order valence-corrected chi connectivity index (χ2v) is 11.8. The number of hydrogen-bond donors (Lipinski definition) is 3. The number of aromatic nitrogens is 2. The quantitative estimate of drug-likeness (QED) is 0.409. The lowest BCUT2D eigenvalue weighted by Crippen LogP contribution is -2.55. The van der Waals surface area contributed by atoms with Crippen LogP contribution in [0.25, 0.3) is 11.3 Å². The SMILES string of the molecule is Cc1cccc(N2[C@]3(C=CS2(O)O)CCN(Cc2ccc(O)c(-c4nscc4C)c2)[C@@H](C)C3)n1. The Balaban J connectivity index is 1.37. The van der Waals surface area contributed by atoms with Crippen LogP contribution in [0.3, 0.4) is 0 Å². The van der Waals surface area contributed by atoms with Crippen LogP contribution >= 0.6 is 22.3 Å². The van der Waals surface area contributed by atoms with Crippen LogP contribution in [0, 0.1) is 13.8 Å². The van der Waals surface area contributed by atoms with Gasteiger partial charge in [0.2, 0.25) is 0 Å². The van der Waals surface area contributed by atoms with Crippen molar-refractivity contribution in [2.45, 2.75) is 51.7 Å². The molecule has 0 saturated carbocycles. The number of phenols is 1. The minimum Gasteiger partial charge on any atom is -0.507 e. The summed E-state index contributed by atoms with van der Waals surface area (Å²) in [6.07, 6.45) is 3.49. The standard InChI is InChI=1S/C25H30N4O3S2/c1-17-16-33-27-24(17)21-13-20(7-8-22(21)30)15-28-11-9-25(14-19(28)3)10-12-34(31,32)29(25)23-6-4-5-18(2)26-23/h4-8,10,12-13,16,19,30-32H,9,11,14-15H2,1-3H3/t19-,25-/m0/s1. The number of benzene rings is 1. The Labute approximate surface area is 206 Å². The lowest BCUT2D eigenvalue weighted by Gasteiger charge is -2.51. The largest absolute Gasteiger partial charge is 0.507 e. The zero-order chi connectivity index (χ0) is 24.1. The predicted molar refractivity (Wildman–Crippen MR) is 139 cm³/mol. The van der Waals surface area contributed by atoms with E-state index in [0.717, 1.165) is 54.0 Å². The Morgan fingerprint density at radius 2 is 2.03 bits per heavy atom. The summed E-state index contributed by atoms with van der Waals surface area (Å²) >= 11 is 1.39. The first kappa shape index (κ1) is 23.3. The van der Waals surface area contributed by atoms with Crippen LogP contribution in [-0.2, 0) is 6.54 Å². The normalized spacial score (nSPS) is 25.2. The van der Waals surface area contributed by atoms with Crippen molar-refractivity contribution in [3.63, 3.8) is 0 Å². The number of aryl methyl sites for hydroxylation is 2. The van der Waals surface area contributed by atoms with E-state index in [-0.39, 0.29) is 11.8 Å². The smallest absolute Gasteiger partial charge is 0.148 e. The highest BCUT2D eigenvalue weighted by Crippen LogP contribution is 2.59. The zero-order valence-electron chi connectivity index (χ0n) is 19.5. The molecule has 4 heterocycles. The van der Waals surface area contributed by atoms with E-state index in [4.69, 9.17) is 0 Å². The number of phenolic OH excluding ortho intramolecular Hbond substituents is 1. The van der Waals surface area contributed by atoms with E-state index in [1.54, 1.807) is 15.8 Å². The van der Waals surface area contributed by atoms with Gasteiger partial charge in [0.15, 0.2) is 0 Å². The second kappa shape index (κ2) is 8.66. The van der Waals surface area contributed by atoms with Crippen LogP contribution < -0.4 is 4.31 Å². The Bertz CT molecular complexity index is 1240. The molecule has 1 aromatic carbocycles. The van der Waals surface area contributed by atoms with Crippen LogP contribution in [0.4, 0.5) is 5.82 Å². The molecule has 0 radical (unpaired) electrons. The van der Waals surface area contributed by atoms with Crippen molar-refractivity contribution in [3.8, 4) is 17.0 Å². The molecule has 2 aromatic heterocycles. The molecule has 2 atom stereocenters. The third-order valence-electron chi connectivity index (χ3n) is 6.87. The van der Waals surface area contributed by atoms with Gasteiger partial charge in [-0.25, -0.2) is 9.29 Å². The van der Waals surface area contributed by atoms with Crippen molar-refractivity contribution >= 4 is 28.1 Å². The van der Waals surface area contributed by atoms with Gasteiger partial charge in [0.1, 0.15) is 11.6 Å². The maximum Gasteiger partial charge on any atom is 0.148 e. The molecule has 5 rings (SSSR count). The van der Waals surface area contributed by atoms with Crippen LogP contribution in [0.5, 0.6) is 5.75 Å². The minimum absolute atomic E-state index is 0.206. The summed E-state index contributed by atoms with van der Waals surface area (Å²) < 4.78 is 27.9.